The summed E-state index contributed by atoms with van der Waals surface area (Å²) in [6.45, 7) is 0. The second kappa shape index (κ2) is 58.0. The van der Waals surface area contributed by atoms with Crippen LogP contribution in [-0.4, -0.2) is 119 Å². The molecule has 8 heteroatoms. The van der Waals surface area contributed by atoms with Crippen molar-refractivity contribution in [2.45, 2.75) is 0 Å². The van der Waals surface area contributed by atoms with Gasteiger partial charge in [-0.15, -0.1) is 49.6 Å². The molecule has 3 N–H and O–H groups in total. The van der Waals surface area contributed by atoms with Crippen LogP contribution in [0.15, 0.2) is 0 Å². The zero-order valence-corrected chi connectivity index (χ0v) is 5.61. The van der Waals surface area contributed by atoms with Crippen molar-refractivity contribution in [3.8, 4) is 0 Å². The van der Waals surface area contributed by atoms with E-state index in [1.54, 1.807) is 0 Å². The van der Waals surface area contributed by atoms with Gasteiger partial charge in [0.2, 0.25) is 0 Å². The quantitative estimate of drug-likeness (QED) is 0.599. The van der Waals surface area contributed by atoms with Crippen LogP contribution >= 0.6 is 49.6 Å². The normalized spacial score (nSPS) is 0. The van der Waals surface area contributed by atoms with Gasteiger partial charge in [-0.3, -0.25) is 0 Å². The first-order valence-corrected chi connectivity index (χ1v) is 0. The van der Waals surface area contributed by atoms with Crippen LogP contribution in [-0.2, 0) is 0 Å². The maximum atomic E-state index is 0. The molecular formula is H11CaCl4KNNa. The Morgan fingerprint density at radius 3 is 0.625 bits per heavy atom. The topological polar surface area (TPSA) is 35.0 Å². The van der Waals surface area contributed by atoms with Gasteiger partial charge >= 0.3 is 119 Å². The van der Waals surface area contributed by atoms with Crippen LogP contribution in [0.25, 0.3) is 0 Å². The molecule has 0 aliphatic rings. The molecule has 48 valence electrons. The Bertz CT molecular complexity index is 16.0. The molecule has 0 aromatic heterocycles. The Labute approximate surface area is 170 Å². The van der Waals surface area contributed by atoms with Crippen molar-refractivity contribution < 1.29 is 0 Å². The summed E-state index contributed by atoms with van der Waals surface area (Å²) < 4.78 is 0. The van der Waals surface area contributed by atoms with E-state index < -0.39 is 0 Å². The monoisotopic (exact) mass is 267 g/mol. The molecule has 0 amide bonds. The number of rotatable bonds is 0. The first-order chi connectivity index (χ1) is 0. The molecule has 0 aliphatic carbocycles. The minimum absolute atomic E-state index is 0. The van der Waals surface area contributed by atoms with Crippen LogP contribution < -0.4 is 6.15 Å². The summed E-state index contributed by atoms with van der Waals surface area (Å²) in [5.41, 5.74) is 0. The Hall–Kier alpha value is 5.02. The van der Waals surface area contributed by atoms with Crippen LogP contribution in [0.5, 0.6) is 0 Å². The van der Waals surface area contributed by atoms with E-state index in [-0.39, 0.29) is 174 Å². The van der Waals surface area contributed by atoms with Gasteiger partial charge in [-0.2, -0.15) is 0 Å². The van der Waals surface area contributed by atoms with Crippen molar-refractivity contribution in [1.82, 2.24) is 6.15 Å². The van der Waals surface area contributed by atoms with E-state index in [0.717, 1.165) is 0 Å². The van der Waals surface area contributed by atoms with E-state index in [0.29, 0.717) is 0 Å². The first kappa shape index (κ1) is 74.7. The van der Waals surface area contributed by atoms with Gasteiger partial charge in [-0.1, -0.05) is 0 Å². The van der Waals surface area contributed by atoms with Crippen LogP contribution in [0, 0.1) is 0 Å². The summed E-state index contributed by atoms with van der Waals surface area (Å²) >= 11 is 0. The molecule has 0 unspecified atom stereocenters. The molecule has 0 radical (unpaired) electrons. The molecular weight excluding hydrogens is 258 g/mol. The summed E-state index contributed by atoms with van der Waals surface area (Å²) in [7, 11) is 0. The van der Waals surface area contributed by atoms with Gasteiger partial charge in [0.05, 0.1) is 0 Å². The molecule has 0 aliphatic heterocycles. The van der Waals surface area contributed by atoms with Gasteiger partial charge in [0.25, 0.3) is 0 Å². The summed E-state index contributed by atoms with van der Waals surface area (Å²) in [4.78, 5) is 0. The molecule has 0 bridgehead atoms. The molecule has 0 atom stereocenters. The Morgan fingerprint density at radius 2 is 0.625 bits per heavy atom. The van der Waals surface area contributed by atoms with Gasteiger partial charge in [0.1, 0.15) is 0 Å². The fourth-order valence-corrected chi connectivity index (χ4v) is 0. The second-order valence-electron chi connectivity index (χ2n) is 0. The molecule has 0 aromatic carbocycles. The summed E-state index contributed by atoms with van der Waals surface area (Å²) in [6.07, 6.45) is 0. The summed E-state index contributed by atoms with van der Waals surface area (Å²) in [5.74, 6) is 0. The van der Waals surface area contributed by atoms with E-state index in [1.165, 1.54) is 0 Å². The zero-order chi connectivity index (χ0) is 0. The van der Waals surface area contributed by atoms with E-state index in [1.807, 2.05) is 0 Å². The van der Waals surface area contributed by atoms with Crippen LogP contribution in [0.2, 0.25) is 0 Å². The number of halogens is 4. The average molecular weight is 269 g/mol. The van der Waals surface area contributed by atoms with Crippen LogP contribution in [0.3, 0.4) is 0 Å². The van der Waals surface area contributed by atoms with Crippen LogP contribution in [0.1, 0.15) is 0 Å². The van der Waals surface area contributed by atoms with Crippen molar-refractivity contribution in [2.75, 3.05) is 0 Å². The Balaban J connectivity index is 0. The summed E-state index contributed by atoms with van der Waals surface area (Å²) in [6, 6.07) is 0. The van der Waals surface area contributed by atoms with Crippen LogP contribution in [0.4, 0.5) is 0 Å². The third-order valence-corrected chi connectivity index (χ3v) is 0. The summed E-state index contributed by atoms with van der Waals surface area (Å²) in [5, 5.41) is 0. The molecule has 0 heterocycles. The second-order valence-corrected chi connectivity index (χ2v) is 0. The third kappa shape index (κ3) is 43.9. The fourth-order valence-electron chi connectivity index (χ4n) is 0. The van der Waals surface area contributed by atoms with E-state index in [9.17, 15) is 0 Å². The first-order valence-electron chi connectivity index (χ1n) is 0. The van der Waals surface area contributed by atoms with Gasteiger partial charge in [0, 0.05) is 0 Å². The van der Waals surface area contributed by atoms with Crippen molar-refractivity contribution >= 4 is 168 Å². The van der Waals surface area contributed by atoms with Crippen molar-refractivity contribution in [1.29, 1.82) is 0 Å². The van der Waals surface area contributed by atoms with Gasteiger partial charge in [0.15, 0.2) is 0 Å². The third-order valence-electron chi connectivity index (χ3n) is 0. The molecule has 0 spiro atoms. The Kier molecular flexibility index (Phi) is 541. The Morgan fingerprint density at radius 1 is 0.625 bits per heavy atom. The average Bonchev–Trinajstić information content (AvgIpc) is 0. The zero-order valence-electron chi connectivity index (χ0n) is 2.34. The standard InChI is InChI=1S/Ca.4ClH.K.H3N.Na.4H/h;4*1H;;1H3;;;;;. The molecule has 8 heavy (non-hydrogen) atoms. The molecule has 0 saturated heterocycles. The van der Waals surface area contributed by atoms with Crippen molar-refractivity contribution in [3.63, 3.8) is 0 Å². The molecule has 1 nitrogen and oxygen atoms in total. The minimum atomic E-state index is 0. The predicted molar refractivity (Wildman–Crippen MR) is 56.9 cm³/mol. The molecule has 0 fully saturated rings. The maximum absolute atomic E-state index is 0. The molecule has 0 aromatic rings. The molecule has 0 saturated carbocycles. The van der Waals surface area contributed by atoms with Crippen molar-refractivity contribution in [2.24, 2.45) is 0 Å². The van der Waals surface area contributed by atoms with E-state index in [4.69, 9.17) is 0 Å². The number of hydrogen-bond donors (Lipinski definition) is 1. The van der Waals surface area contributed by atoms with E-state index in [2.05, 4.69) is 0 Å². The van der Waals surface area contributed by atoms with Gasteiger partial charge < -0.3 is 6.15 Å². The SMILES string of the molecule is Cl.Cl.Cl.Cl.N.[CaH2].[KH].[NaH]. The fraction of sp³-hybridized carbons (Fsp3) is 0. The van der Waals surface area contributed by atoms with E-state index >= 15 is 0 Å². The predicted octanol–water partition coefficient (Wildman–Crippen LogP) is -0.364. The van der Waals surface area contributed by atoms with Gasteiger partial charge in [-0.05, 0) is 0 Å². The molecule has 0 rings (SSSR count). The van der Waals surface area contributed by atoms with Crippen molar-refractivity contribution in [3.05, 3.63) is 0 Å². The number of hydrogen-bond acceptors (Lipinski definition) is 1. The van der Waals surface area contributed by atoms with Gasteiger partial charge in [-0.25, -0.2) is 0 Å².